The summed E-state index contributed by atoms with van der Waals surface area (Å²) >= 11 is 12.0. The molecule has 2 aromatic carbocycles. The van der Waals surface area contributed by atoms with Gasteiger partial charge < -0.3 is 15.4 Å². The van der Waals surface area contributed by atoms with Crippen molar-refractivity contribution in [1.82, 2.24) is 14.6 Å². The third-order valence-corrected chi connectivity index (χ3v) is 8.40. The van der Waals surface area contributed by atoms with Gasteiger partial charge >= 0.3 is 0 Å². The van der Waals surface area contributed by atoms with E-state index in [0.29, 0.717) is 36.0 Å². The van der Waals surface area contributed by atoms with E-state index in [0.717, 1.165) is 16.6 Å². The molecule has 1 fully saturated rings. The van der Waals surface area contributed by atoms with E-state index in [2.05, 4.69) is 15.6 Å². The van der Waals surface area contributed by atoms with Crippen molar-refractivity contribution < 1.29 is 17.9 Å². The Balaban J connectivity index is 1.28. The number of hydrogen-bond acceptors (Lipinski definition) is 6. The summed E-state index contributed by atoms with van der Waals surface area (Å²) in [5.74, 6) is -0.0750. The van der Waals surface area contributed by atoms with Crippen LogP contribution in [-0.2, 0) is 14.8 Å². The molecule has 3 aromatic rings. The molecule has 0 bridgehead atoms. The predicted molar refractivity (Wildman–Crippen MR) is 138 cm³/mol. The van der Waals surface area contributed by atoms with Gasteiger partial charge in [-0.2, -0.15) is 4.31 Å². The largest absolute Gasteiger partial charge is 0.495 e. The third-order valence-electron chi connectivity index (χ3n) is 6.01. The molecule has 0 aliphatic carbocycles. The first kappa shape index (κ1) is 25.5. The molecular weight excluding hydrogens is 511 g/mol. The fourth-order valence-corrected chi connectivity index (χ4v) is 6.21. The van der Waals surface area contributed by atoms with Crippen molar-refractivity contribution in [3.8, 4) is 5.75 Å². The first-order chi connectivity index (χ1) is 16.8. The number of pyridine rings is 1. The van der Waals surface area contributed by atoms with Crippen LogP contribution in [0.5, 0.6) is 5.75 Å². The molecule has 1 aromatic heterocycles. The highest BCUT2D eigenvalue weighted by Gasteiger charge is 2.33. The van der Waals surface area contributed by atoms with Crippen LogP contribution in [-0.4, -0.2) is 56.9 Å². The van der Waals surface area contributed by atoms with E-state index in [1.807, 2.05) is 18.2 Å². The summed E-state index contributed by atoms with van der Waals surface area (Å²) in [6.45, 7) is 1.48. The van der Waals surface area contributed by atoms with Crippen LogP contribution in [0.3, 0.4) is 0 Å². The highest BCUT2D eigenvalue weighted by molar-refractivity contribution is 7.89. The normalized spacial score (nSPS) is 15.2. The SMILES string of the molecule is COc1ccc(Cl)cc1S(=O)(=O)N1CCC(C(=O)NCCNc2ccnc3cc(Cl)ccc23)CC1. The average Bonchev–Trinajstić information content (AvgIpc) is 2.86. The fraction of sp³-hybridized carbons (Fsp3) is 0.333. The zero-order valence-corrected chi connectivity index (χ0v) is 21.5. The number of aromatic nitrogens is 1. The van der Waals surface area contributed by atoms with Crippen molar-refractivity contribution in [1.29, 1.82) is 0 Å². The van der Waals surface area contributed by atoms with Crippen LogP contribution in [0.1, 0.15) is 12.8 Å². The summed E-state index contributed by atoms with van der Waals surface area (Å²) in [6.07, 6.45) is 2.59. The molecule has 1 saturated heterocycles. The number of methoxy groups -OCH3 is 1. The number of benzene rings is 2. The van der Waals surface area contributed by atoms with Crippen molar-refractivity contribution in [2.75, 3.05) is 38.6 Å². The second-order valence-electron chi connectivity index (χ2n) is 8.21. The van der Waals surface area contributed by atoms with E-state index < -0.39 is 10.0 Å². The maximum Gasteiger partial charge on any atom is 0.246 e. The number of halogens is 2. The topological polar surface area (TPSA) is 101 Å². The van der Waals surface area contributed by atoms with Crippen LogP contribution in [0.25, 0.3) is 10.9 Å². The second kappa shape index (κ2) is 11.0. The Morgan fingerprint density at radius 2 is 1.80 bits per heavy atom. The molecule has 35 heavy (non-hydrogen) atoms. The summed E-state index contributed by atoms with van der Waals surface area (Å²) in [5, 5.41) is 8.16. The summed E-state index contributed by atoms with van der Waals surface area (Å²) in [4.78, 5) is 17.0. The first-order valence-corrected chi connectivity index (χ1v) is 13.4. The third kappa shape index (κ3) is 5.81. The number of nitrogens with zero attached hydrogens (tertiary/aromatic N) is 2. The lowest BCUT2D eigenvalue weighted by atomic mass is 9.97. The molecule has 8 nitrogen and oxygen atoms in total. The number of amides is 1. The molecule has 0 unspecified atom stereocenters. The number of ether oxygens (including phenoxy) is 1. The Bertz CT molecular complexity index is 1330. The van der Waals surface area contributed by atoms with Crippen LogP contribution in [0.2, 0.25) is 10.0 Å². The van der Waals surface area contributed by atoms with Crippen molar-refractivity contribution in [3.63, 3.8) is 0 Å². The van der Waals surface area contributed by atoms with Crippen LogP contribution in [0.15, 0.2) is 53.6 Å². The summed E-state index contributed by atoms with van der Waals surface area (Å²) < 4.78 is 32.8. The highest BCUT2D eigenvalue weighted by Crippen LogP contribution is 2.32. The van der Waals surface area contributed by atoms with Gasteiger partial charge in [-0.15, -0.1) is 0 Å². The van der Waals surface area contributed by atoms with E-state index >= 15 is 0 Å². The van der Waals surface area contributed by atoms with Gasteiger partial charge in [0.1, 0.15) is 10.6 Å². The van der Waals surface area contributed by atoms with Gasteiger partial charge in [-0.1, -0.05) is 23.2 Å². The van der Waals surface area contributed by atoms with Crippen molar-refractivity contribution in [2.45, 2.75) is 17.7 Å². The minimum atomic E-state index is -3.78. The van der Waals surface area contributed by atoms with E-state index in [1.54, 1.807) is 18.3 Å². The van der Waals surface area contributed by atoms with Crippen LogP contribution in [0.4, 0.5) is 5.69 Å². The molecule has 1 aliphatic rings. The number of anilines is 1. The highest BCUT2D eigenvalue weighted by atomic mass is 35.5. The van der Waals surface area contributed by atoms with Gasteiger partial charge in [0.25, 0.3) is 0 Å². The first-order valence-electron chi connectivity index (χ1n) is 11.2. The smallest absolute Gasteiger partial charge is 0.246 e. The number of rotatable bonds is 8. The van der Waals surface area contributed by atoms with Gasteiger partial charge in [-0.05, 0) is 55.3 Å². The number of fused-ring (bicyclic) bond motifs is 1. The lowest BCUT2D eigenvalue weighted by Gasteiger charge is -2.31. The maximum absolute atomic E-state index is 13.1. The summed E-state index contributed by atoms with van der Waals surface area (Å²) in [7, 11) is -2.36. The minimum absolute atomic E-state index is 0.0346. The number of carbonyl (C=O) groups is 1. The second-order valence-corrected chi connectivity index (χ2v) is 11.0. The lowest BCUT2D eigenvalue weighted by Crippen LogP contribution is -2.43. The Morgan fingerprint density at radius 1 is 1.09 bits per heavy atom. The quantitative estimate of drug-likeness (QED) is 0.419. The maximum atomic E-state index is 13.1. The van der Waals surface area contributed by atoms with Crippen LogP contribution >= 0.6 is 23.2 Å². The zero-order valence-electron chi connectivity index (χ0n) is 19.1. The summed E-state index contributed by atoms with van der Waals surface area (Å²) in [5.41, 5.74) is 1.71. The molecular formula is C24H26Cl2N4O4S. The van der Waals surface area contributed by atoms with Gasteiger partial charge in [0.15, 0.2) is 0 Å². The van der Waals surface area contributed by atoms with E-state index in [-0.39, 0.29) is 35.6 Å². The Labute approximate surface area is 214 Å². The molecule has 1 aliphatic heterocycles. The molecule has 4 rings (SSSR count). The van der Waals surface area contributed by atoms with E-state index in [9.17, 15) is 13.2 Å². The fourth-order valence-electron chi connectivity index (χ4n) is 4.15. The number of piperidine rings is 1. The number of sulfonamides is 1. The Hall–Kier alpha value is -2.59. The molecule has 11 heteroatoms. The molecule has 2 N–H and O–H groups in total. The van der Waals surface area contributed by atoms with E-state index in [4.69, 9.17) is 27.9 Å². The van der Waals surface area contributed by atoms with Crippen LogP contribution < -0.4 is 15.4 Å². The van der Waals surface area contributed by atoms with Crippen molar-refractivity contribution in [3.05, 3.63) is 58.7 Å². The Kier molecular flexibility index (Phi) is 8.01. The predicted octanol–water partition coefficient (Wildman–Crippen LogP) is 4.18. The van der Waals surface area contributed by atoms with E-state index in [1.165, 1.54) is 23.5 Å². The summed E-state index contributed by atoms with van der Waals surface area (Å²) in [6, 6.07) is 11.9. The van der Waals surface area contributed by atoms with Gasteiger partial charge in [0, 0.05) is 59.4 Å². The molecule has 2 heterocycles. The number of nitrogens with one attached hydrogen (secondary N) is 2. The van der Waals surface area contributed by atoms with Crippen LogP contribution in [0, 0.1) is 5.92 Å². The van der Waals surface area contributed by atoms with Crippen molar-refractivity contribution >= 4 is 55.7 Å². The molecule has 1 amide bonds. The molecule has 0 saturated carbocycles. The molecule has 0 spiro atoms. The zero-order chi connectivity index (χ0) is 25.0. The number of carbonyl (C=O) groups excluding carboxylic acids is 1. The standard InChI is InChI=1S/C24H26Cl2N4O4S/c1-34-22-5-3-18(26)15-23(22)35(32,33)30-12-7-16(8-13-30)24(31)29-11-10-28-20-6-9-27-21-14-17(25)2-4-19(20)21/h2-6,9,14-16H,7-8,10-13H2,1H3,(H,27,28)(H,29,31). The number of hydrogen-bond donors (Lipinski definition) is 2. The van der Waals surface area contributed by atoms with Gasteiger partial charge in [-0.25, -0.2) is 8.42 Å². The van der Waals surface area contributed by atoms with Gasteiger partial charge in [-0.3, -0.25) is 9.78 Å². The van der Waals surface area contributed by atoms with Gasteiger partial charge in [0.05, 0.1) is 12.6 Å². The Morgan fingerprint density at radius 3 is 2.54 bits per heavy atom. The molecule has 0 atom stereocenters. The molecule has 186 valence electrons. The van der Waals surface area contributed by atoms with Crippen molar-refractivity contribution in [2.24, 2.45) is 5.92 Å². The van der Waals surface area contributed by atoms with Gasteiger partial charge in [0.2, 0.25) is 15.9 Å². The average molecular weight is 537 g/mol. The minimum Gasteiger partial charge on any atom is -0.495 e. The monoisotopic (exact) mass is 536 g/mol. The lowest BCUT2D eigenvalue weighted by molar-refractivity contribution is -0.126. The molecule has 0 radical (unpaired) electrons.